The molecule has 1 aromatic carbocycles. The molecule has 0 atom stereocenters. The van der Waals surface area contributed by atoms with Gasteiger partial charge >= 0.3 is 0 Å². The van der Waals surface area contributed by atoms with Crippen molar-refractivity contribution in [2.24, 2.45) is 0 Å². The van der Waals surface area contributed by atoms with Gasteiger partial charge in [-0.05, 0) is 23.1 Å². The van der Waals surface area contributed by atoms with Crippen LogP contribution in [0, 0.1) is 0 Å². The minimum Gasteiger partial charge on any atom is -0.508 e. The van der Waals surface area contributed by atoms with Gasteiger partial charge in [0.2, 0.25) is 0 Å². The molecular weight excluding hydrogens is 168 g/mol. The number of aromatic hydroxyl groups is 1. The summed E-state index contributed by atoms with van der Waals surface area (Å²) in [5.74, 6) is 0.329. The largest absolute Gasteiger partial charge is 0.508 e. The molecule has 0 spiro atoms. The van der Waals surface area contributed by atoms with Gasteiger partial charge in [-0.2, -0.15) is 0 Å². The Morgan fingerprint density at radius 3 is 2.25 bits per heavy atom. The molecule has 1 nitrogen and oxygen atoms in total. The summed E-state index contributed by atoms with van der Waals surface area (Å²) >= 11 is 4.14. The highest BCUT2D eigenvalue weighted by molar-refractivity contribution is 7.80. The number of hydrogen-bond donors (Lipinski definition) is 2. The Bertz CT molecular complexity index is 286. The molecule has 0 amide bonds. The zero-order valence-corrected chi connectivity index (χ0v) is 8.52. The van der Waals surface area contributed by atoms with Gasteiger partial charge in [0.05, 0.1) is 0 Å². The predicted octanol–water partition coefficient (Wildman–Crippen LogP) is 2.98. The van der Waals surface area contributed by atoms with E-state index in [1.807, 2.05) is 12.1 Å². The first kappa shape index (κ1) is 9.46. The van der Waals surface area contributed by atoms with Gasteiger partial charge in [0, 0.05) is 4.90 Å². The SMILES string of the molecule is CC(C)(C)c1ccc(S)cc1O. The van der Waals surface area contributed by atoms with E-state index in [9.17, 15) is 5.11 Å². The average molecular weight is 182 g/mol. The van der Waals surface area contributed by atoms with Crippen molar-refractivity contribution in [1.29, 1.82) is 0 Å². The van der Waals surface area contributed by atoms with Crippen LogP contribution in [0.3, 0.4) is 0 Å². The molecule has 0 aliphatic heterocycles. The highest BCUT2D eigenvalue weighted by Crippen LogP contribution is 2.31. The van der Waals surface area contributed by atoms with Gasteiger partial charge in [-0.3, -0.25) is 0 Å². The zero-order chi connectivity index (χ0) is 9.35. The lowest BCUT2D eigenvalue weighted by atomic mass is 9.86. The molecule has 0 aliphatic carbocycles. The Hall–Kier alpha value is -0.630. The van der Waals surface area contributed by atoms with Gasteiger partial charge in [0.15, 0.2) is 0 Å². The summed E-state index contributed by atoms with van der Waals surface area (Å²) in [6, 6.07) is 5.48. The van der Waals surface area contributed by atoms with Gasteiger partial charge in [-0.1, -0.05) is 26.8 Å². The summed E-state index contributed by atoms with van der Waals surface area (Å²) in [5, 5.41) is 9.58. The summed E-state index contributed by atoms with van der Waals surface area (Å²) in [7, 11) is 0. The van der Waals surface area contributed by atoms with E-state index in [0.717, 1.165) is 10.5 Å². The lowest BCUT2D eigenvalue weighted by molar-refractivity contribution is 0.445. The quantitative estimate of drug-likeness (QED) is 0.591. The first-order chi connectivity index (χ1) is 5.41. The molecule has 1 rings (SSSR count). The average Bonchev–Trinajstić information content (AvgIpc) is 1.83. The van der Waals surface area contributed by atoms with Gasteiger partial charge in [-0.25, -0.2) is 0 Å². The van der Waals surface area contributed by atoms with Crippen LogP contribution in [0.5, 0.6) is 5.75 Å². The molecule has 0 unspecified atom stereocenters. The van der Waals surface area contributed by atoms with Crippen LogP contribution in [0.4, 0.5) is 0 Å². The van der Waals surface area contributed by atoms with Crippen molar-refractivity contribution in [2.75, 3.05) is 0 Å². The summed E-state index contributed by atoms with van der Waals surface area (Å²) in [4.78, 5) is 0.792. The van der Waals surface area contributed by atoms with Crippen molar-refractivity contribution < 1.29 is 5.11 Å². The van der Waals surface area contributed by atoms with Crippen molar-refractivity contribution in [2.45, 2.75) is 31.1 Å². The first-order valence-corrected chi connectivity index (χ1v) is 4.38. The second-order valence-corrected chi connectivity index (χ2v) is 4.47. The topological polar surface area (TPSA) is 20.2 Å². The number of phenolic OH excluding ortho intramolecular Hbond substituents is 1. The van der Waals surface area contributed by atoms with E-state index in [0.29, 0.717) is 5.75 Å². The molecule has 2 heteroatoms. The van der Waals surface area contributed by atoms with E-state index < -0.39 is 0 Å². The molecule has 1 aromatic rings. The molecule has 12 heavy (non-hydrogen) atoms. The number of phenols is 1. The highest BCUT2D eigenvalue weighted by Gasteiger charge is 2.17. The van der Waals surface area contributed by atoms with Gasteiger partial charge in [-0.15, -0.1) is 12.6 Å². The lowest BCUT2D eigenvalue weighted by Gasteiger charge is -2.20. The third-order valence-corrected chi connectivity index (χ3v) is 2.07. The van der Waals surface area contributed by atoms with Crippen LogP contribution in [-0.4, -0.2) is 5.11 Å². The Morgan fingerprint density at radius 2 is 1.83 bits per heavy atom. The summed E-state index contributed by atoms with van der Waals surface area (Å²) < 4.78 is 0. The van der Waals surface area contributed by atoms with Crippen molar-refractivity contribution in [3.8, 4) is 5.75 Å². The van der Waals surface area contributed by atoms with E-state index >= 15 is 0 Å². The van der Waals surface area contributed by atoms with Crippen molar-refractivity contribution >= 4 is 12.6 Å². The molecule has 66 valence electrons. The standard InChI is InChI=1S/C10H14OS/c1-10(2,3)8-5-4-7(12)6-9(8)11/h4-6,11-12H,1-3H3. The zero-order valence-electron chi connectivity index (χ0n) is 7.63. The molecule has 1 N–H and O–H groups in total. The molecule has 0 bridgehead atoms. The molecule has 0 saturated carbocycles. The molecule has 0 radical (unpaired) electrons. The summed E-state index contributed by atoms with van der Waals surface area (Å²) in [5.41, 5.74) is 0.950. The summed E-state index contributed by atoms with van der Waals surface area (Å²) in [6.45, 7) is 6.21. The van der Waals surface area contributed by atoms with Crippen LogP contribution >= 0.6 is 12.6 Å². The maximum absolute atomic E-state index is 9.58. The van der Waals surface area contributed by atoms with Gasteiger partial charge < -0.3 is 5.11 Å². The molecule has 0 aliphatic rings. The van der Waals surface area contributed by atoms with Crippen LogP contribution in [0.25, 0.3) is 0 Å². The fraction of sp³-hybridized carbons (Fsp3) is 0.400. The number of rotatable bonds is 0. The predicted molar refractivity (Wildman–Crippen MR) is 54.1 cm³/mol. The Labute approximate surface area is 78.8 Å². The van der Waals surface area contributed by atoms with E-state index in [-0.39, 0.29) is 5.41 Å². The summed E-state index contributed by atoms with van der Waals surface area (Å²) in [6.07, 6.45) is 0. The Morgan fingerprint density at radius 1 is 1.25 bits per heavy atom. The second-order valence-electron chi connectivity index (χ2n) is 3.95. The van der Waals surface area contributed by atoms with Gasteiger partial charge in [0.25, 0.3) is 0 Å². The van der Waals surface area contributed by atoms with Crippen LogP contribution in [0.15, 0.2) is 23.1 Å². The highest BCUT2D eigenvalue weighted by atomic mass is 32.1. The van der Waals surface area contributed by atoms with Crippen molar-refractivity contribution in [3.63, 3.8) is 0 Å². The third kappa shape index (κ3) is 1.95. The van der Waals surface area contributed by atoms with Crippen LogP contribution in [0.2, 0.25) is 0 Å². The minimum atomic E-state index is -0.00837. The van der Waals surface area contributed by atoms with Crippen molar-refractivity contribution in [3.05, 3.63) is 23.8 Å². The third-order valence-electron chi connectivity index (χ3n) is 1.79. The van der Waals surface area contributed by atoms with Crippen molar-refractivity contribution in [1.82, 2.24) is 0 Å². The number of thiol groups is 1. The second kappa shape index (κ2) is 3.02. The first-order valence-electron chi connectivity index (χ1n) is 3.94. The fourth-order valence-corrected chi connectivity index (χ4v) is 1.35. The monoisotopic (exact) mass is 182 g/mol. The molecule has 0 fully saturated rings. The molecular formula is C10H14OS. The normalized spacial score (nSPS) is 11.7. The number of benzene rings is 1. The Kier molecular flexibility index (Phi) is 2.38. The van der Waals surface area contributed by atoms with Crippen LogP contribution in [-0.2, 0) is 5.41 Å². The maximum Gasteiger partial charge on any atom is 0.120 e. The minimum absolute atomic E-state index is 0.00837. The maximum atomic E-state index is 9.58. The van der Waals surface area contributed by atoms with E-state index in [1.165, 1.54) is 0 Å². The molecule has 0 aromatic heterocycles. The molecule has 0 heterocycles. The van der Waals surface area contributed by atoms with E-state index in [4.69, 9.17) is 0 Å². The molecule has 0 saturated heterocycles. The van der Waals surface area contributed by atoms with Crippen LogP contribution < -0.4 is 0 Å². The van der Waals surface area contributed by atoms with Gasteiger partial charge in [0.1, 0.15) is 5.75 Å². The fourth-order valence-electron chi connectivity index (χ4n) is 1.15. The smallest absolute Gasteiger partial charge is 0.120 e. The Balaban J connectivity index is 3.19. The van der Waals surface area contributed by atoms with E-state index in [2.05, 4.69) is 33.4 Å². The number of hydrogen-bond acceptors (Lipinski definition) is 2. The lowest BCUT2D eigenvalue weighted by Crippen LogP contribution is -2.10. The van der Waals surface area contributed by atoms with Crippen LogP contribution in [0.1, 0.15) is 26.3 Å². The van der Waals surface area contributed by atoms with E-state index in [1.54, 1.807) is 6.07 Å².